The number of aryl methyl sites for hydroxylation is 2. The van der Waals surface area contributed by atoms with Crippen molar-refractivity contribution < 1.29 is 23.5 Å². The second-order valence-corrected chi connectivity index (χ2v) is 7.53. The maximum Gasteiger partial charge on any atom is 0.375 e. The fraction of sp³-hybridized carbons (Fsp3) is 0.240. The molecule has 2 aromatic heterocycles. The van der Waals surface area contributed by atoms with E-state index in [0.29, 0.717) is 29.3 Å². The van der Waals surface area contributed by atoms with Gasteiger partial charge in [-0.2, -0.15) is 0 Å². The molecule has 0 spiro atoms. The highest BCUT2D eigenvalue weighted by Crippen LogP contribution is 2.29. The van der Waals surface area contributed by atoms with Crippen molar-refractivity contribution in [3.05, 3.63) is 83.6 Å². The van der Waals surface area contributed by atoms with Crippen LogP contribution in [-0.2, 0) is 16.6 Å². The van der Waals surface area contributed by atoms with E-state index in [9.17, 15) is 9.59 Å². The number of amides is 1. The van der Waals surface area contributed by atoms with Crippen molar-refractivity contribution >= 4 is 22.8 Å². The Balaban J connectivity index is 1.46. The van der Waals surface area contributed by atoms with Crippen LogP contribution >= 0.6 is 0 Å². The predicted molar refractivity (Wildman–Crippen MR) is 122 cm³/mol. The normalized spacial score (nSPS) is 11.8. The summed E-state index contributed by atoms with van der Waals surface area (Å²) in [5.41, 5.74) is 2.04. The Labute approximate surface area is 191 Å². The van der Waals surface area contributed by atoms with Gasteiger partial charge < -0.3 is 23.8 Å². The van der Waals surface area contributed by atoms with Crippen LogP contribution in [0.5, 0.6) is 5.75 Å². The molecule has 0 radical (unpaired) electrons. The smallest absolute Gasteiger partial charge is 0.375 e. The predicted octanol–water partition coefficient (Wildman–Crippen LogP) is 3.94. The van der Waals surface area contributed by atoms with E-state index >= 15 is 0 Å². The highest BCUT2D eigenvalue weighted by atomic mass is 16.5. The van der Waals surface area contributed by atoms with Gasteiger partial charge in [-0.1, -0.05) is 30.3 Å². The van der Waals surface area contributed by atoms with Crippen LogP contribution in [0.3, 0.4) is 0 Å². The molecule has 170 valence electrons. The minimum Gasteiger partial charge on any atom is -0.494 e. The minimum atomic E-state index is -0.704. The quantitative estimate of drug-likeness (QED) is 0.411. The van der Waals surface area contributed by atoms with Crippen LogP contribution in [-0.4, -0.2) is 34.6 Å². The van der Waals surface area contributed by atoms with Crippen LogP contribution in [0.15, 0.2) is 65.3 Å². The molecule has 4 aromatic rings. The van der Waals surface area contributed by atoms with E-state index in [1.165, 1.54) is 0 Å². The number of fused-ring (bicyclic) bond motifs is 1. The monoisotopic (exact) mass is 447 g/mol. The molecule has 1 N–H and O–H groups in total. The molecule has 1 amide bonds. The molecule has 2 aromatic carbocycles. The summed E-state index contributed by atoms with van der Waals surface area (Å²) < 4.78 is 18.3. The van der Waals surface area contributed by atoms with Crippen molar-refractivity contribution in [2.75, 3.05) is 13.2 Å². The Bertz CT molecular complexity index is 1280. The summed E-state index contributed by atoms with van der Waals surface area (Å²) in [5.74, 6) is 0.265. The largest absolute Gasteiger partial charge is 0.494 e. The maximum absolute atomic E-state index is 12.7. The lowest BCUT2D eigenvalue weighted by Gasteiger charge is -2.19. The zero-order valence-electron chi connectivity index (χ0n) is 18.7. The standard InChI is InChI=1S/C25H25N3O5/c1-4-31-18-10-11-20-19(14-18)16(2)23(33-20)25(30)32-15-21(29)27-22(17-8-6-5-7-9-17)24-26-12-13-28(24)3/h5-14,22H,4,15H2,1-3H3,(H,27,29). The summed E-state index contributed by atoms with van der Waals surface area (Å²) in [6.07, 6.45) is 3.47. The lowest BCUT2D eigenvalue weighted by molar-refractivity contribution is -0.124. The van der Waals surface area contributed by atoms with Gasteiger partial charge in [0.1, 0.15) is 23.2 Å². The van der Waals surface area contributed by atoms with Crippen molar-refractivity contribution in [2.45, 2.75) is 19.9 Å². The van der Waals surface area contributed by atoms with Crippen molar-refractivity contribution in [1.82, 2.24) is 14.9 Å². The lowest BCUT2D eigenvalue weighted by atomic mass is 10.1. The van der Waals surface area contributed by atoms with Crippen LogP contribution in [0, 0.1) is 6.92 Å². The van der Waals surface area contributed by atoms with Gasteiger partial charge in [0, 0.05) is 30.4 Å². The first kappa shape index (κ1) is 22.1. The van der Waals surface area contributed by atoms with Crippen LogP contribution in [0.1, 0.15) is 40.5 Å². The summed E-state index contributed by atoms with van der Waals surface area (Å²) in [4.78, 5) is 29.7. The Morgan fingerprint density at radius 1 is 1.18 bits per heavy atom. The summed E-state index contributed by atoms with van der Waals surface area (Å²) in [7, 11) is 1.85. The van der Waals surface area contributed by atoms with E-state index in [1.807, 2.05) is 54.9 Å². The van der Waals surface area contributed by atoms with Crippen LogP contribution in [0.2, 0.25) is 0 Å². The number of esters is 1. The van der Waals surface area contributed by atoms with E-state index in [-0.39, 0.29) is 5.76 Å². The molecule has 0 aliphatic heterocycles. The average molecular weight is 447 g/mol. The number of ether oxygens (including phenoxy) is 2. The molecule has 1 unspecified atom stereocenters. The molecule has 0 aliphatic carbocycles. The van der Waals surface area contributed by atoms with Gasteiger partial charge in [0.25, 0.3) is 5.91 Å². The molecule has 8 nitrogen and oxygen atoms in total. The van der Waals surface area contributed by atoms with Crippen LogP contribution in [0.4, 0.5) is 0 Å². The molecule has 4 rings (SSSR count). The zero-order chi connectivity index (χ0) is 23.4. The van der Waals surface area contributed by atoms with Crippen molar-refractivity contribution in [2.24, 2.45) is 7.05 Å². The average Bonchev–Trinajstić information content (AvgIpc) is 3.39. The number of nitrogens with zero attached hydrogens (tertiary/aromatic N) is 2. The molecular formula is C25H25N3O5. The summed E-state index contributed by atoms with van der Waals surface area (Å²) in [5, 5.41) is 3.66. The first-order valence-electron chi connectivity index (χ1n) is 10.6. The number of carbonyl (C=O) groups is 2. The summed E-state index contributed by atoms with van der Waals surface area (Å²) in [6.45, 7) is 3.75. The second-order valence-electron chi connectivity index (χ2n) is 7.53. The fourth-order valence-electron chi connectivity index (χ4n) is 3.65. The molecule has 8 heteroatoms. The van der Waals surface area contributed by atoms with Gasteiger partial charge in [-0.3, -0.25) is 4.79 Å². The van der Waals surface area contributed by atoms with E-state index in [1.54, 1.807) is 31.5 Å². The second kappa shape index (κ2) is 9.60. The van der Waals surface area contributed by atoms with Gasteiger partial charge in [-0.25, -0.2) is 9.78 Å². The number of imidazole rings is 1. The highest BCUT2D eigenvalue weighted by molar-refractivity contribution is 5.97. The van der Waals surface area contributed by atoms with Crippen molar-refractivity contribution in [3.8, 4) is 5.75 Å². The Kier molecular flexibility index (Phi) is 6.44. The number of nitrogens with one attached hydrogen (secondary N) is 1. The van der Waals surface area contributed by atoms with E-state index in [0.717, 1.165) is 10.9 Å². The van der Waals surface area contributed by atoms with Crippen molar-refractivity contribution in [1.29, 1.82) is 0 Å². The molecule has 0 bridgehead atoms. The first-order valence-corrected chi connectivity index (χ1v) is 10.6. The van der Waals surface area contributed by atoms with Gasteiger partial charge in [-0.05, 0) is 37.6 Å². The van der Waals surface area contributed by atoms with Gasteiger partial charge in [-0.15, -0.1) is 0 Å². The summed E-state index contributed by atoms with van der Waals surface area (Å²) >= 11 is 0. The molecule has 2 heterocycles. The third-order valence-electron chi connectivity index (χ3n) is 5.29. The number of hydrogen-bond acceptors (Lipinski definition) is 6. The Hall–Kier alpha value is -4.07. The molecule has 0 saturated carbocycles. The third kappa shape index (κ3) is 4.74. The first-order chi connectivity index (χ1) is 16.0. The molecule has 33 heavy (non-hydrogen) atoms. The third-order valence-corrected chi connectivity index (χ3v) is 5.29. The van der Waals surface area contributed by atoms with Gasteiger partial charge in [0.2, 0.25) is 5.76 Å². The van der Waals surface area contributed by atoms with Crippen LogP contribution < -0.4 is 10.1 Å². The minimum absolute atomic E-state index is 0.0650. The van der Waals surface area contributed by atoms with E-state index < -0.39 is 24.5 Å². The molecular weight excluding hydrogens is 422 g/mol. The van der Waals surface area contributed by atoms with Crippen LogP contribution in [0.25, 0.3) is 11.0 Å². The van der Waals surface area contributed by atoms with Gasteiger partial charge in [0.15, 0.2) is 6.61 Å². The Morgan fingerprint density at radius 2 is 1.97 bits per heavy atom. The molecule has 0 fully saturated rings. The number of carbonyl (C=O) groups excluding carboxylic acids is 2. The lowest BCUT2D eigenvalue weighted by Crippen LogP contribution is -2.34. The molecule has 0 aliphatic rings. The summed E-state index contributed by atoms with van der Waals surface area (Å²) in [6, 6.07) is 14.3. The van der Waals surface area contributed by atoms with Gasteiger partial charge >= 0.3 is 5.97 Å². The van der Waals surface area contributed by atoms with E-state index in [4.69, 9.17) is 13.9 Å². The number of benzene rings is 2. The number of furan rings is 1. The van der Waals surface area contributed by atoms with Gasteiger partial charge in [0.05, 0.1) is 6.61 Å². The highest BCUT2D eigenvalue weighted by Gasteiger charge is 2.23. The fourth-order valence-corrected chi connectivity index (χ4v) is 3.65. The van der Waals surface area contributed by atoms with Crippen molar-refractivity contribution in [3.63, 3.8) is 0 Å². The maximum atomic E-state index is 12.7. The van der Waals surface area contributed by atoms with E-state index in [2.05, 4.69) is 10.3 Å². The number of hydrogen-bond donors (Lipinski definition) is 1. The Morgan fingerprint density at radius 3 is 2.67 bits per heavy atom. The zero-order valence-corrected chi connectivity index (χ0v) is 18.7. The molecule has 0 saturated heterocycles. The number of aromatic nitrogens is 2. The SMILES string of the molecule is CCOc1ccc2oc(C(=O)OCC(=O)NC(c3ccccc3)c3nccn3C)c(C)c2c1. The number of rotatable bonds is 8. The topological polar surface area (TPSA) is 95.6 Å². The molecule has 1 atom stereocenters.